The number of rotatable bonds is 5. The minimum atomic E-state index is -3.31. The standard InChI is InChI=1S/C15H21F2N3O2/c1-11-3-2-6-20(8-11)13-7-12(4-5-18-13)14(22)19-9-15(16,17)10-21/h4-5,7,11,21H,2-3,6,8-10H2,1H3,(H,19,22). The Hall–Kier alpha value is -1.76. The van der Waals surface area contributed by atoms with Gasteiger partial charge in [0.2, 0.25) is 0 Å². The van der Waals surface area contributed by atoms with Crippen molar-refractivity contribution in [2.24, 2.45) is 5.92 Å². The molecule has 1 saturated heterocycles. The lowest BCUT2D eigenvalue weighted by Gasteiger charge is -2.32. The van der Waals surface area contributed by atoms with Gasteiger partial charge >= 0.3 is 0 Å². The highest BCUT2D eigenvalue weighted by Gasteiger charge is 2.28. The fourth-order valence-corrected chi connectivity index (χ4v) is 2.50. The molecule has 0 bridgehead atoms. The second kappa shape index (κ2) is 7.00. The number of hydrogen-bond acceptors (Lipinski definition) is 4. The van der Waals surface area contributed by atoms with Crippen LogP contribution in [0.25, 0.3) is 0 Å². The van der Waals surface area contributed by atoms with Gasteiger partial charge in [0.05, 0.1) is 6.54 Å². The summed E-state index contributed by atoms with van der Waals surface area (Å²) in [6, 6.07) is 3.10. The van der Waals surface area contributed by atoms with Gasteiger partial charge in [0.25, 0.3) is 11.8 Å². The van der Waals surface area contributed by atoms with E-state index in [2.05, 4.69) is 22.1 Å². The zero-order chi connectivity index (χ0) is 16.2. The summed E-state index contributed by atoms with van der Waals surface area (Å²) in [5.41, 5.74) is 0.289. The number of alkyl halides is 2. The second-order valence-electron chi connectivity index (χ2n) is 5.79. The first kappa shape index (κ1) is 16.6. The Morgan fingerprint density at radius 3 is 3.05 bits per heavy atom. The molecule has 0 aliphatic carbocycles. The molecular formula is C15H21F2N3O2. The molecule has 0 radical (unpaired) electrons. The topological polar surface area (TPSA) is 65.5 Å². The van der Waals surface area contributed by atoms with Crippen LogP contribution >= 0.6 is 0 Å². The number of pyridine rings is 1. The van der Waals surface area contributed by atoms with Crippen LogP contribution in [0.3, 0.4) is 0 Å². The summed E-state index contributed by atoms with van der Waals surface area (Å²) in [7, 11) is 0. The number of anilines is 1. The van der Waals surface area contributed by atoms with E-state index in [9.17, 15) is 13.6 Å². The van der Waals surface area contributed by atoms with Gasteiger partial charge in [0, 0.05) is 24.8 Å². The van der Waals surface area contributed by atoms with Crippen LogP contribution in [0.1, 0.15) is 30.1 Å². The van der Waals surface area contributed by atoms with Crippen molar-refractivity contribution in [1.29, 1.82) is 0 Å². The molecule has 1 aromatic rings. The molecule has 0 aromatic carbocycles. The lowest BCUT2D eigenvalue weighted by Crippen LogP contribution is -2.39. The predicted octanol–water partition coefficient (Wildman–Crippen LogP) is 1.68. The smallest absolute Gasteiger partial charge is 0.287 e. The lowest BCUT2D eigenvalue weighted by atomic mass is 10.0. The fourth-order valence-electron chi connectivity index (χ4n) is 2.50. The average molecular weight is 313 g/mol. The highest BCUT2D eigenvalue weighted by atomic mass is 19.3. The van der Waals surface area contributed by atoms with E-state index in [0.717, 1.165) is 19.5 Å². The number of nitrogens with zero attached hydrogens (tertiary/aromatic N) is 2. The lowest BCUT2D eigenvalue weighted by molar-refractivity contribution is -0.0462. The number of amides is 1. The van der Waals surface area contributed by atoms with Crippen LogP contribution in [0.15, 0.2) is 18.3 Å². The number of nitrogens with one attached hydrogen (secondary N) is 1. The van der Waals surface area contributed by atoms with Crippen molar-refractivity contribution in [1.82, 2.24) is 10.3 Å². The molecular weight excluding hydrogens is 292 g/mol. The van der Waals surface area contributed by atoms with Crippen LogP contribution < -0.4 is 10.2 Å². The molecule has 1 fully saturated rings. The first-order valence-corrected chi connectivity index (χ1v) is 7.39. The Morgan fingerprint density at radius 2 is 2.36 bits per heavy atom. The molecule has 122 valence electrons. The summed E-state index contributed by atoms with van der Waals surface area (Å²) in [5, 5.41) is 10.6. The second-order valence-corrected chi connectivity index (χ2v) is 5.79. The van der Waals surface area contributed by atoms with Gasteiger partial charge in [-0.3, -0.25) is 4.79 Å². The van der Waals surface area contributed by atoms with E-state index in [1.807, 2.05) is 0 Å². The van der Waals surface area contributed by atoms with Gasteiger partial charge in [-0.15, -0.1) is 0 Å². The molecule has 1 unspecified atom stereocenters. The summed E-state index contributed by atoms with van der Waals surface area (Å²) >= 11 is 0. The third-order valence-corrected chi connectivity index (χ3v) is 3.73. The fraction of sp³-hybridized carbons (Fsp3) is 0.600. The van der Waals surface area contributed by atoms with Gasteiger partial charge in [-0.05, 0) is 30.9 Å². The molecule has 1 aromatic heterocycles. The minimum Gasteiger partial charge on any atom is -0.390 e. The molecule has 5 nitrogen and oxygen atoms in total. The van der Waals surface area contributed by atoms with Crippen LogP contribution in [-0.4, -0.2) is 48.2 Å². The average Bonchev–Trinajstić information content (AvgIpc) is 2.53. The van der Waals surface area contributed by atoms with Crippen molar-refractivity contribution < 1.29 is 18.7 Å². The van der Waals surface area contributed by atoms with Crippen LogP contribution in [-0.2, 0) is 0 Å². The van der Waals surface area contributed by atoms with Crippen molar-refractivity contribution in [3.8, 4) is 0 Å². The maximum Gasteiger partial charge on any atom is 0.287 e. The molecule has 0 spiro atoms. The van der Waals surface area contributed by atoms with E-state index in [1.165, 1.54) is 18.7 Å². The summed E-state index contributed by atoms with van der Waals surface area (Å²) in [6.45, 7) is 1.74. The Labute approximate surface area is 128 Å². The van der Waals surface area contributed by atoms with E-state index in [4.69, 9.17) is 5.11 Å². The number of aliphatic hydroxyl groups is 1. The van der Waals surface area contributed by atoms with Crippen LogP contribution in [0.4, 0.5) is 14.6 Å². The number of carbonyl (C=O) groups is 1. The van der Waals surface area contributed by atoms with E-state index >= 15 is 0 Å². The first-order chi connectivity index (χ1) is 10.4. The normalized spacial score (nSPS) is 19.1. The first-order valence-electron chi connectivity index (χ1n) is 7.39. The van der Waals surface area contributed by atoms with Crippen molar-refractivity contribution >= 4 is 11.7 Å². The van der Waals surface area contributed by atoms with Gasteiger partial charge in [-0.25, -0.2) is 13.8 Å². The van der Waals surface area contributed by atoms with Crippen molar-refractivity contribution in [2.45, 2.75) is 25.7 Å². The maximum absolute atomic E-state index is 13.0. The van der Waals surface area contributed by atoms with E-state index in [0.29, 0.717) is 11.7 Å². The van der Waals surface area contributed by atoms with Crippen molar-refractivity contribution in [2.75, 3.05) is 31.1 Å². The SMILES string of the molecule is CC1CCCN(c2cc(C(=O)NCC(F)(F)CO)ccn2)C1. The molecule has 22 heavy (non-hydrogen) atoms. The number of halogens is 2. The molecule has 0 saturated carbocycles. The highest BCUT2D eigenvalue weighted by Crippen LogP contribution is 2.21. The van der Waals surface area contributed by atoms with Gasteiger partial charge in [-0.1, -0.05) is 6.92 Å². The molecule has 1 atom stereocenters. The molecule has 1 aliphatic rings. The summed E-state index contributed by atoms with van der Waals surface area (Å²) < 4.78 is 25.9. The predicted molar refractivity (Wildman–Crippen MR) is 79.2 cm³/mol. The van der Waals surface area contributed by atoms with Gasteiger partial charge in [0.15, 0.2) is 0 Å². The van der Waals surface area contributed by atoms with Gasteiger partial charge < -0.3 is 15.3 Å². The monoisotopic (exact) mass is 313 g/mol. The molecule has 7 heteroatoms. The number of piperidine rings is 1. The van der Waals surface area contributed by atoms with E-state index in [-0.39, 0.29) is 5.56 Å². The third kappa shape index (κ3) is 4.37. The molecule has 2 heterocycles. The minimum absolute atomic E-state index is 0.289. The highest BCUT2D eigenvalue weighted by molar-refractivity contribution is 5.94. The Kier molecular flexibility index (Phi) is 5.28. The van der Waals surface area contributed by atoms with E-state index in [1.54, 1.807) is 6.07 Å². The molecule has 1 amide bonds. The molecule has 1 aliphatic heterocycles. The Balaban J connectivity index is 2.03. The molecule has 2 rings (SSSR count). The largest absolute Gasteiger partial charge is 0.390 e. The Bertz CT molecular complexity index is 525. The van der Waals surface area contributed by atoms with Gasteiger partial charge in [-0.2, -0.15) is 0 Å². The summed E-state index contributed by atoms with van der Waals surface area (Å²) in [5.74, 6) is -2.65. The summed E-state index contributed by atoms with van der Waals surface area (Å²) in [4.78, 5) is 18.3. The summed E-state index contributed by atoms with van der Waals surface area (Å²) in [6.07, 6.45) is 3.75. The zero-order valence-corrected chi connectivity index (χ0v) is 12.6. The zero-order valence-electron chi connectivity index (χ0n) is 12.6. The quantitative estimate of drug-likeness (QED) is 0.868. The number of hydrogen-bond donors (Lipinski definition) is 2. The number of aromatic nitrogens is 1. The van der Waals surface area contributed by atoms with Crippen molar-refractivity contribution in [3.05, 3.63) is 23.9 Å². The van der Waals surface area contributed by atoms with Crippen LogP contribution in [0.5, 0.6) is 0 Å². The molecule has 2 N–H and O–H groups in total. The van der Waals surface area contributed by atoms with Crippen molar-refractivity contribution in [3.63, 3.8) is 0 Å². The van der Waals surface area contributed by atoms with Gasteiger partial charge in [0.1, 0.15) is 12.4 Å². The maximum atomic E-state index is 13.0. The van der Waals surface area contributed by atoms with Crippen LogP contribution in [0.2, 0.25) is 0 Å². The number of carbonyl (C=O) groups excluding carboxylic acids is 1. The third-order valence-electron chi connectivity index (χ3n) is 3.73. The Morgan fingerprint density at radius 1 is 1.59 bits per heavy atom. The van der Waals surface area contributed by atoms with Crippen LogP contribution in [0, 0.1) is 5.92 Å². The van der Waals surface area contributed by atoms with E-state index < -0.39 is 25.0 Å². The number of aliphatic hydroxyl groups excluding tert-OH is 1.